The van der Waals surface area contributed by atoms with E-state index < -0.39 is 0 Å². The van der Waals surface area contributed by atoms with E-state index in [1.807, 2.05) is 6.20 Å². The van der Waals surface area contributed by atoms with Gasteiger partial charge in [-0.2, -0.15) is 0 Å². The van der Waals surface area contributed by atoms with Crippen molar-refractivity contribution >= 4 is 0 Å². The molecule has 2 aromatic rings. The van der Waals surface area contributed by atoms with Crippen molar-refractivity contribution in [2.45, 2.75) is 52.5 Å². The Morgan fingerprint density at radius 1 is 1.05 bits per heavy atom. The lowest BCUT2D eigenvalue weighted by Crippen LogP contribution is -2.21. The summed E-state index contributed by atoms with van der Waals surface area (Å²) >= 11 is 0. The number of rotatable bonds is 2. The van der Waals surface area contributed by atoms with Crippen molar-refractivity contribution in [3.8, 4) is 11.3 Å². The minimum Gasteiger partial charge on any atom is -0.341 e. The number of aromatic nitrogens is 2. The zero-order chi connectivity index (χ0) is 14.8. The minimum atomic E-state index is 0.382. The van der Waals surface area contributed by atoms with Crippen LogP contribution in [0.2, 0.25) is 0 Å². The molecule has 0 saturated carbocycles. The van der Waals surface area contributed by atoms with Gasteiger partial charge in [0.2, 0.25) is 0 Å². The highest BCUT2D eigenvalue weighted by atomic mass is 15.0. The quantitative estimate of drug-likeness (QED) is 0.867. The van der Waals surface area contributed by atoms with Gasteiger partial charge >= 0.3 is 0 Å². The Balaban J connectivity index is 1.91. The monoisotopic (exact) mass is 283 g/mol. The van der Waals surface area contributed by atoms with Gasteiger partial charge < -0.3 is 10.3 Å². The van der Waals surface area contributed by atoms with Crippen LogP contribution < -0.4 is 5.32 Å². The van der Waals surface area contributed by atoms with Crippen LogP contribution in [-0.2, 0) is 0 Å². The zero-order valence-corrected chi connectivity index (χ0v) is 13.3. The molecule has 1 saturated heterocycles. The molecule has 0 radical (unpaired) electrons. The van der Waals surface area contributed by atoms with Crippen LogP contribution in [0.15, 0.2) is 18.3 Å². The molecule has 112 valence electrons. The van der Waals surface area contributed by atoms with Gasteiger partial charge in [0.15, 0.2) is 0 Å². The first-order valence-corrected chi connectivity index (χ1v) is 8.01. The molecule has 2 N–H and O–H groups in total. The summed E-state index contributed by atoms with van der Waals surface area (Å²) < 4.78 is 0. The van der Waals surface area contributed by atoms with E-state index in [0.29, 0.717) is 6.04 Å². The van der Waals surface area contributed by atoms with Crippen molar-refractivity contribution in [3.63, 3.8) is 0 Å². The normalized spacial score (nSPS) is 19.5. The van der Waals surface area contributed by atoms with Crippen LogP contribution in [0.3, 0.4) is 0 Å². The lowest BCUT2D eigenvalue weighted by atomic mass is 9.98. The molecule has 21 heavy (non-hydrogen) atoms. The van der Waals surface area contributed by atoms with Crippen molar-refractivity contribution in [1.29, 1.82) is 0 Å². The summed E-state index contributed by atoms with van der Waals surface area (Å²) in [7, 11) is 0. The Morgan fingerprint density at radius 3 is 2.57 bits per heavy atom. The van der Waals surface area contributed by atoms with Crippen LogP contribution in [0.5, 0.6) is 0 Å². The van der Waals surface area contributed by atoms with E-state index in [-0.39, 0.29) is 0 Å². The molecule has 3 nitrogen and oxygen atoms in total. The Morgan fingerprint density at radius 2 is 1.81 bits per heavy atom. The Hall–Kier alpha value is -1.61. The number of imidazole rings is 1. The maximum absolute atomic E-state index is 4.64. The molecule has 0 amide bonds. The summed E-state index contributed by atoms with van der Waals surface area (Å²) in [5.74, 6) is 1.09. The van der Waals surface area contributed by atoms with E-state index in [0.717, 1.165) is 18.1 Å². The van der Waals surface area contributed by atoms with Gasteiger partial charge in [-0.05, 0) is 51.3 Å². The zero-order valence-electron chi connectivity index (χ0n) is 13.3. The van der Waals surface area contributed by atoms with E-state index in [1.165, 1.54) is 47.9 Å². The van der Waals surface area contributed by atoms with Crippen molar-refractivity contribution in [2.24, 2.45) is 0 Å². The topological polar surface area (TPSA) is 40.7 Å². The summed E-state index contributed by atoms with van der Waals surface area (Å²) in [6, 6.07) is 4.87. The number of H-pyrrole nitrogens is 1. The average molecular weight is 283 g/mol. The first-order valence-electron chi connectivity index (χ1n) is 8.01. The van der Waals surface area contributed by atoms with E-state index in [4.69, 9.17) is 0 Å². The molecule has 3 rings (SSSR count). The van der Waals surface area contributed by atoms with Gasteiger partial charge in [0.25, 0.3) is 0 Å². The fraction of sp³-hybridized carbons (Fsp3) is 0.500. The van der Waals surface area contributed by atoms with E-state index in [2.05, 4.69) is 48.2 Å². The molecule has 1 aliphatic heterocycles. The maximum atomic E-state index is 4.64. The molecule has 0 bridgehead atoms. The number of hydrogen-bond acceptors (Lipinski definition) is 2. The van der Waals surface area contributed by atoms with Crippen LogP contribution in [-0.4, -0.2) is 16.5 Å². The Labute approximate surface area is 127 Å². The van der Waals surface area contributed by atoms with E-state index in [1.54, 1.807) is 0 Å². The molecule has 1 aliphatic rings. The molecule has 1 aromatic carbocycles. The molecular weight excluding hydrogens is 258 g/mol. The third-order valence-corrected chi connectivity index (χ3v) is 4.43. The largest absolute Gasteiger partial charge is 0.341 e. The standard InChI is InChI=1S/C18H25N3/c1-12-9-13(2)17(14(3)10-12)16-11-20-18(21-16)15-7-5-4-6-8-19-15/h9-11,15,19H,4-8H2,1-3H3,(H,20,21). The van der Waals surface area contributed by atoms with Crippen LogP contribution in [0.25, 0.3) is 11.3 Å². The van der Waals surface area contributed by atoms with Crippen molar-refractivity contribution in [2.75, 3.05) is 6.54 Å². The number of aryl methyl sites for hydroxylation is 3. The number of hydrogen-bond donors (Lipinski definition) is 2. The molecule has 1 aromatic heterocycles. The fourth-order valence-corrected chi connectivity index (χ4v) is 3.51. The second-order valence-corrected chi connectivity index (χ2v) is 6.31. The van der Waals surface area contributed by atoms with Crippen molar-refractivity contribution in [1.82, 2.24) is 15.3 Å². The van der Waals surface area contributed by atoms with E-state index >= 15 is 0 Å². The predicted molar refractivity (Wildman–Crippen MR) is 87.4 cm³/mol. The Kier molecular flexibility index (Phi) is 4.11. The molecule has 3 heteroatoms. The summed E-state index contributed by atoms with van der Waals surface area (Å²) in [5, 5.41) is 3.61. The Bertz CT molecular complexity index is 596. The number of nitrogens with zero attached hydrogens (tertiary/aromatic N) is 1. The van der Waals surface area contributed by atoms with Crippen LogP contribution >= 0.6 is 0 Å². The number of nitrogens with one attached hydrogen (secondary N) is 2. The molecule has 0 aliphatic carbocycles. The minimum absolute atomic E-state index is 0.382. The fourth-order valence-electron chi connectivity index (χ4n) is 3.51. The summed E-state index contributed by atoms with van der Waals surface area (Å²) in [4.78, 5) is 8.20. The van der Waals surface area contributed by atoms with Gasteiger partial charge in [0.05, 0.1) is 17.9 Å². The number of aromatic amines is 1. The van der Waals surface area contributed by atoms with Gasteiger partial charge in [0.1, 0.15) is 5.82 Å². The third-order valence-electron chi connectivity index (χ3n) is 4.43. The SMILES string of the molecule is Cc1cc(C)c(-c2cnc(C3CCCCCN3)[nH]2)c(C)c1. The summed E-state index contributed by atoms with van der Waals surface area (Å²) in [6.07, 6.45) is 7.06. The smallest absolute Gasteiger partial charge is 0.123 e. The highest BCUT2D eigenvalue weighted by Gasteiger charge is 2.18. The van der Waals surface area contributed by atoms with E-state index in [9.17, 15) is 0 Å². The lowest BCUT2D eigenvalue weighted by molar-refractivity contribution is 0.512. The molecule has 1 unspecified atom stereocenters. The second kappa shape index (κ2) is 6.02. The molecule has 0 spiro atoms. The average Bonchev–Trinajstić information content (AvgIpc) is 2.72. The molecule has 2 heterocycles. The first-order chi connectivity index (χ1) is 10.1. The summed E-state index contributed by atoms with van der Waals surface area (Å²) in [5.41, 5.74) is 6.39. The molecule has 1 fully saturated rings. The van der Waals surface area contributed by atoms with Crippen molar-refractivity contribution < 1.29 is 0 Å². The second-order valence-electron chi connectivity index (χ2n) is 6.31. The molecule has 1 atom stereocenters. The number of benzene rings is 1. The van der Waals surface area contributed by atoms with Gasteiger partial charge in [-0.25, -0.2) is 4.98 Å². The van der Waals surface area contributed by atoms with Crippen LogP contribution in [0.4, 0.5) is 0 Å². The first kappa shape index (κ1) is 14.3. The van der Waals surface area contributed by atoms with Crippen molar-refractivity contribution in [3.05, 3.63) is 40.8 Å². The lowest BCUT2D eigenvalue weighted by Gasteiger charge is -2.13. The highest BCUT2D eigenvalue weighted by molar-refractivity contribution is 5.67. The maximum Gasteiger partial charge on any atom is 0.123 e. The van der Waals surface area contributed by atoms with Crippen LogP contribution in [0.1, 0.15) is 54.2 Å². The van der Waals surface area contributed by atoms with Crippen LogP contribution in [0, 0.1) is 20.8 Å². The third kappa shape index (κ3) is 3.03. The van der Waals surface area contributed by atoms with Gasteiger partial charge in [-0.3, -0.25) is 0 Å². The van der Waals surface area contributed by atoms with Gasteiger partial charge in [-0.1, -0.05) is 30.5 Å². The molecular formula is C18H25N3. The highest BCUT2D eigenvalue weighted by Crippen LogP contribution is 2.29. The summed E-state index contributed by atoms with van der Waals surface area (Å²) in [6.45, 7) is 7.61. The predicted octanol–water partition coefficient (Wildman–Crippen LogP) is 4.21. The van der Waals surface area contributed by atoms with Gasteiger partial charge in [-0.15, -0.1) is 0 Å². The van der Waals surface area contributed by atoms with Gasteiger partial charge in [0, 0.05) is 5.56 Å².